The Morgan fingerprint density at radius 1 is 1.11 bits per heavy atom. The first-order chi connectivity index (χ1) is 13.0. The van der Waals surface area contributed by atoms with Gasteiger partial charge in [-0.05, 0) is 54.0 Å². The predicted molar refractivity (Wildman–Crippen MR) is 102 cm³/mol. The van der Waals surface area contributed by atoms with Crippen molar-refractivity contribution in [3.05, 3.63) is 53.1 Å². The molecule has 1 aliphatic heterocycles. The van der Waals surface area contributed by atoms with Gasteiger partial charge in [0.05, 0.1) is 14.2 Å². The zero-order valence-electron chi connectivity index (χ0n) is 15.9. The van der Waals surface area contributed by atoms with Crippen molar-refractivity contribution in [2.24, 2.45) is 0 Å². The third-order valence-corrected chi connectivity index (χ3v) is 4.44. The molecule has 2 aromatic carbocycles. The maximum atomic E-state index is 12.5. The summed E-state index contributed by atoms with van der Waals surface area (Å²) in [6.45, 7) is 2.68. The molecular weight excluding hydrogens is 346 g/mol. The molecule has 0 atom stereocenters. The lowest BCUT2D eigenvalue weighted by Gasteiger charge is -2.18. The molecule has 0 saturated carbocycles. The van der Waals surface area contributed by atoms with Crippen molar-refractivity contribution in [2.45, 2.75) is 13.5 Å². The van der Waals surface area contributed by atoms with E-state index in [4.69, 9.17) is 18.9 Å². The summed E-state index contributed by atoms with van der Waals surface area (Å²) in [5.41, 5.74) is 2.91. The number of hydrogen-bond donors (Lipinski definition) is 0. The Morgan fingerprint density at radius 2 is 1.81 bits per heavy atom. The molecule has 27 heavy (non-hydrogen) atoms. The molecule has 0 fully saturated rings. The number of methoxy groups -OCH3 is 2. The van der Waals surface area contributed by atoms with Crippen molar-refractivity contribution in [3.8, 4) is 23.0 Å². The van der Waals surface area contributed by atoms with Crippen LogP contribution in [-0.4, -0.2) is 38.9 Å². The predicted octanol–water partition coefficient (Wildman–Crippen LogP) is 3.41. The maximum absolute atomic E-state index is 12.5. The lowest BCUT2D eigenvalue weighted by atomic mass is 10.1. The molecule has 1 heterocycles. The Hall–Kier alpha value is -3.15. The van der Waals surface area contributed by atoms with Gasteiger partial charge in [0.15, 0.2) is 23.0 Å². The smallest absolute Gasteiger partial charge is 0.246 e. The third-order valence-electron chi connectivity index (χ3n) is 4.44. The number of carbonyl (C=O) groups is 1. The van der Waals surface area contributed by atoms with Crippen molar-refractivity contribution in [1.29, 1.82) is 0 Å². The molecule has 0 unspecified atom stereocenters. The van der Waals surface area contributed by atoms with Gasteiger partial charge in [-0.1, -0.05) is 6.07 Å². The molecule has 0 aliphatic carbocycles. The highest BCUT2D eigenvalue weighted by molar-refractivity contribution is 5.91. The molecule has 0 spiro atoms. The van der Waals surface area contributed by atoms with Crippen LogP contribution in [0.4, 0.5) is 0 Å². The van der Waals surface area contributed by atoms with Gasteiger partial charge in [-0.3, -0.25) is 4.79 Å². The lowest BCUT2D eigenvalue weighted by Crippen LogP contribution is -2.24. The van der Waals surface area contributed by atoms with Crippen molar-refractivity contribution in [2.75, 3.05) is 28.1 Å². The quantitative estimate of drug-likeness (QED) is 0.731. The second-order valence-corrected chi connectivity index (χ2v) is 6.27. The van der Waals surface area contributed by atoms with E-state index in [-0.39, 0.29) is 12.7 Å². The molecule has 0 N–H and O–H groups in total. The molecular formula is C21H23NO5. The van der Waals surface area contributed by atoms with Gasteiger partial charge < -0.3 is 23.8 Å². The zero-order chi connectivity index (χ0) is 19.4. The van der Waals surface area contributed by atoms with Gasteiger partial charge in [-0.2, -0.15) is 0 Å². The first-order valence-corrected chi connectivity index (χ1v) is 8.56. The summed E-state index contributed by atoms with van der Waals surface area (Å²) in [6, 6.07) is 9.39. The van der Waals surface area contributed by atoms with Crippen LogP contribution in [0.1, 0.15) is 16.7 Å². The Balaban J connectivity index is 1.69. The second kappa shape index (κ2) is 8.03. The zero-order valence-corrected chi connectivity index (χ0v) is 15.9. The number of likely N-dealkylation sites (N-methyl/N-ethyl adjacent to an activating group) is 1. The van der Waals surface area contributed by atoms with Gasteiger partial charge in [0.25, 0.3) is 0 Å². The summed E-state index contributed by atoms with van der Waals surface area (Å²) in [5, 5.41) is 0. The van der Waals surface area contributed by atoms with Crippen LogP contribution in [0.25, 0.3) is 6.08 Å². The molecule has 2 aromatic rings. The molecule has 6 nitrogen and oxygen atoms in total. The third kappa shape index (κ3) is 4.16. The van der Waals surface area contributed by atoms with E-state index in [0.717, 1.165) is 22.4 Å². The molecule has 3 rings (SSSR count). The summed E-state index contributed by atoms with van der Waals surface area (Å²) in [6.07, 6.45) is 3.32. The first kappa shape index (κ1) is 18.6. The summed E-state index contributed by atoms with van der Waals surface area (Å²) in [4.78, 5) is 14.1. The minimum Gasteiger partial charge on any atom is -0.493 e. The molecule has 0 aromatic heterocycles. The molecule has 0 radical (unpaired) electrons. The van der Waals surface area contributed by atoms with Gasteiger partial charge in [-0.15, -0.1) is 0 Å². The van der Waals surface area contributed by atoms with E-state index >= 15 is 0 Å². The molecule has 142 valence electrons. The van der Waals surface area contributed by atoms with E-state index in [1.165, 1.54) is 0 Å². The highest BCUT2D eigenvalue weighted by Crippen LogP contribution is 2.33. The summed E-state index contributed by atoms with van der Waals surface area (Å²) < 4.78 is 21.3. The highest BCUT2D eigenvalue weighted by atomic mass is 16.7. The largest absolute Gasteiger partial charge is 0.493 e. The number of fused-ring (bicyclic) bond motifs is 1. The minimum atomic E-state index is -0.0955. The van der Waals surface area contributed by atoms with Crippen LogP contribution in [-0.2, 0) is 11.3 Å². The van der Waals surface area contributed by atoms with E-state index in [9.17, 15) is 4.79 Å². The van der Waals surface area contributed by atoms with Gasteiger partial charge in [0, 0.05) is 19.7 Å². The first-order valence-electron chi connectivity index (χ1n) is 8.56. The topological polar surface area (TPSA) is 57.2 Å². The van der Waals surface area contributed by atoms with E-state index in [0.29, 0.717) is 23.8 Å². The van der Waals surface area contributed by atoms with E-state index in [1.54, 1.807) is 38.3 Å². The number of aryl methyl sites for hydroxylation is 1. The number of carbonyl (C=O) groups excluding carboxylic acids is 1. The van der Waals surface area contributed by atoms with Gasteiger partial charge in [0.2, 0.25) is 12.7 Å². The summed E-state index contributed by atoms with van der Waals surface area (Å²) in [7, 11) is 4.97. The van der Waals surface area contributed by atoms with Crippen LogP contribution in [0.15, 0.2) is 36.4 Å². The van der Waals surface area contributed by atoms with E-state index in [1.807, 2.05) is 37.3 Å². The average molecular weight is 369 g/mol. The fourth-order valence-electron chi connectivity index (χ4n) is 2.84. The van der Waals surface area contributed by atoms with Crippen LogP contribution < -0.4 is 18.9 Å². The lowest BCUT2D eigenvalue weighted by molar-refractivity contribution is -0.125. The fraction of sp³-hybridized carbons (Fsp3) is 0.286. The normalized spacial score (nSPS) is 12.3. The number of amides is 1. The SMILES string of the molecule is COc1cc(C)c(CN(C)C(=O)/C=C/c2ccc3c(c2)OCO3)cc1OC. The monoisotopic (exact) mass is 369 g/mol. The average Bonchev–Trinajstić information content (AvgIpc) is 3.14. The Kier molecular flexibility index (Phi) is 5.54. The Bertz CT molecular complexity index is 875. The van der Waals surface area contributed by atoms with Crippen LogP contribution >= 0.6 is 0 Å². The molecule has 0 bridgehead atoms. The number of benzene rings is 2. The standard InChI is InChI=1S/C21H23NO5/c1-14-9-18(24-3)19(25-4)11-16(14)12-22(2)21(23)8-6-15-5-7-17-20(10-15)27-13-26-17/h5-11H,12-13H2,1-4H3/b8-6+. The number of hydrogen-bond acceptors (Lipinski definition) is 5. The summed E-state index contributed by atoms with van der Waals surface area (Å²) in [5.74, 6) is 2.64. The fourth-order valence-corrected chi connectivity index (χ4v) is 2.84. The number of nitrogens with zero attached hydrogens (tertiary/aromatic N) is 1. The minimum absolute atomic E-state index is 0.0955. The van der Waals surface area contributed by atoms with Gasteiger partial charge in [0.1, 0.15) is 0 Å². The van der Waals surface area contributed by atoms with Crippen LogP contribution in [0.5, 0.6) is 23.0 Å². The van der Waals surface area contributed by atoms with Gasteiger partial charge in [-0.25, -0.2) is 0 Å². The maximum Gasteiger partial charge on any atom is 0.246 e. The van der Waals surface area contributed by atoms with Crippen molar-refractivity contribution < 1.29 is 23.7 Å². The Labute approximate surface area is 158 Å². The van der Waals surface area contributed by atoms with Crippen LogP contribution in [0.3, 0.4) is 0 Å². The highest BCUT2D eigenvalue weighted by Gasteiger charge is 2.14. The summed E-state index contributed by atoms with van der Waals surface area (Å²) >= 11 is 0. The van der Waals surface area contributed by atoms with E-state index in [2.05, 4.69) is 0 Å². The Morgan fingerprint density at radius 3 is 2.56 bits per heavy atom. The molecule has 0 saturated heterocycles. The van der Waals surface area contributed by atoms with Crippen molar-refractivity contribution >= 4 is 12.0 Å². The number of rotatable bonds is 6. The van der Waals surface area contributed by atoms with Gasteiger partial charge >= 0.3 is 0 Å². The van der Waals surface area contributed by atoms with E-state index < -0.39 is 0 Å². The second-order valence-electron chi connectivity index (χ2n) is 6.27. The molecule has 6 heteroatoms. The van der Waals surface area contributed by atoms with Crippen LogP contribution in [0.2, 0.25) is 0 Å². The van der Waals surface area contributed by atoms with Crippen molar-refractivity contribution in [1.82, 2.24) is 4.90 Å². The van der Waals surface area contributed by atoms with Crippen LogP contribution in [0, 0.1) is 6.92 Å². The number of ether oxygens (including phenoxy) is 4. The molecule has 1 amide bonds. The van der Waals surface area contributed by atoms with Crippen molar-refractivity contribution in [3.63, 3.8) is 0 Å². The molecule has 1 aliphatic rings.